The molecule has 1 heterocycles. The van der Waals surface area contributed by atoms with Crippen molar-refractivity contribution in [2.45, 2.75) is 13.3 Å². The van der Waals surface area contributed by atoms with Crippen LogP contribution in [0.3, 0.4) is 0 Å². The molecule has 1 N–H and O–H groups in total. The molecule has 0 saturated heterocycles. The third kappa shape index (κ3) is 3.42. The Morgan fingerprint density at radius 3 is 2.85 bits per heavy atom. The Labute approximate surface area is 120 Å². The molecule has 0 aliphatic rings. The van der Waals surface area contributed by atoms with Gasteiger partial charge in [-0.2, -0.15) is 0 Å². The summed E-state index contributed by atoms with van der Waals surface area (Å²) >= 11 is 1.45. The predicted molar refractivity (Wildman–Crippen MR) is 77.0 cm³/mol. The Balaban J connectivity index is 2.04. The highest BCUT2D eigenvalue weighted by atomic mass is 32.1. The first-order valence-corrected chi connectivity index (χ1v) is 6.85. The van der Waals surface area contributed by atoms with Crippen LogP contribution in [0.15, 0.2) is 29.8 Å². The molecule has 5 nitrogen and oxygen atoms in total. The SMILES string of the molecule is COC(=O)c1cccc(NC(=O)Cc2scnc2C)c1. The lowest BCUT2D eigenvalue weighted by Crippen LogP contribution is -2.14. The fourth-order valence-corrected chi connectivity index (χ4v) is 2.46. The van der Waals surface area contributed by atoms with Gasteiger partial charge in [0.25, 0.3) is 0 Å². The predicted octanol–water partition coefficient (Wildman–Crippen LogP) is 2.42. The van der Waals surface area contributed by atoms with Gasteiger partial charge in [-0.25, -0.2) is 9.78 Å². The van der Waals surface area contributed by atoms with Crippen molar-refractivity contribution in [3.63, 3.8) is 0 Å². The molecule has 2 rings (SSSR count). The largest absolute Gasteiger partial charge is 0.465 e. The van der Waals surface area contributed by atoms with Crippen molar-refractivity contribution in [2.75, 3.05) is 12.4 Å². The van der Waals surface area contributed by atoms with Crippen molar-refractivity contribution in [1.82, 2.24) is 4.98 Å². The van der Waals surface area contributed by atoms with Crippen LogP contribution in [0.25, 0.3) is 0 Å². The molecule has 6 heteroatoms. The molecule has 0 atom stereocenters. The monoisotopic (exact) mass is 290 g/mol. The number of nitrogens with one attached hydrogen (secondary N) is 1. The molecule has 0 saturated carbocycles. The second-order valence-electron chi connectivity index (χ2n) is 4.16. The first kappa shape index (κ1) is 14.2. The number of rotatable bonds is 4. The van der Waals surface area contributed by atoms with Gasteiger partial charge < -0.3 is 10.1 Å². The molecule has 0 aliphatic heterocycles. The Hall–Kier alpha value is -2.21. The number of methoxy groups -OCH3 is 1. The molecule has 0 bridgehead atoms. The third-order valence-electron chi connectivity index (χ3n) is 2.73. The lowest BCUT2D eigenvalue weighted by molar-refractivity contribution is -0.115. The van der Waals surface area contributed by atoms with Crippen molar-refractivity contribution in [3.8, 4) is 0 Å². The molecule has 0 radical (unpaired) electrons. The minimum atomic E-state index is -0.431. The summed E-state index contributed by atoms with van der Waals surface area (Å²) in [6, 6.07) is 6.64. The summed E-state index contributed by atoms with van der Waals surface area (Å²) in [7, 11) is 1.32. The van der Waals surface area contributed by atoms with Crippen molar-refractivity contribution >= 4 is 28.9 Å². The van der Waals surface area contributed by atoms with Crippen LogP contribution < -0.4 is 5.32 Å². The summed E-state index contributed by atoms with van der Waals surface area (Å²) in [5.74, 6) is -0.571. The van der Waals surface area contributed by atoms with E-state index >= 15 is 0 Å². The van der Waals surface area contributed by atoms with Crippen molar-refractivity contribution in [3.05, 3.63) is 45.9 Å². The molecule has 0 unspecified atom stereocenters. The number of carbonyl (C=O) groups excluding carboxylic acids is 2. The van der Waals surface area contributed by atoms with Gasteiger partial charge in [0, 0.05) is 10.6 Å². The molecule has 2 aromatic rings. The Morgan fingerprint density at radius 1 is 1.40 bits per heavy atom. The number of esters is 1. The molecule has 0 fully saturated rings. The minimum Gasteiger partial charge on any atom is -0.465 e. The maximum absolute atomic E-state index is 11.9. The lowest BCUT2D eigenvalue weighted by Gasteiger charge is -2.06. The lowest BCUT2D eigenvalue weighted by atomic mass is 10.2. The van der Waals surface area contributed by atoms with Gasteiger partial charge in [-0.1, -0.05) is 6.07 Å². The normalized spacial score (nSPS) is 10.1. The van der Waals surface area contributed by atoms with Crippen LogP contribution in [0.1, 0.15) is 20.9 Å². The van der Waals surface area contributed by atoms with Gasteiger partial charge in [0.15, 0.2) is 0 Å². The van der Waals surface area contributed by atoms with Crippen LogP contribution in [0.2, 0.25) is 0 Å². The molecule has 1 aromatic heterocycles. The third-order valence-corrected chi connectivity index (χ3v) is 3.67. The number of aromatic nitrogens is 1. The van der Waals surface area contributed by atoms with Gasteiger partial charge >= 0.3 is 5.97 Å². The Kier molecular flexibility index (Phi) is 4.47. The fraction of sp³-hybridized carbons (Fsp3) is 0.214. The number of aryl methyl sites for hydroxylation is 1. The van der Waals surface area contributed by atoms with Gasteiger partial charge in [-0.3, -0.25) is 4.79 Å². The fourth-order valence-electron chi connectivity index (χ4n) is 1.69. The smallest absolute Gasteiger partial charge is 0.337 e. The first-order valence-electron chi connectivity index (χ1n) is 5.97. The van der Waals surface area contributed by atoms with E-state index in [1.165, 1.54) is 18.4 Å². The number of anilines is 1. The molecule has 1 amide bonds. The number of hydrogen-bond acceptors (Lipinski definition) is 5. The van der Waals surface area contributed by atoms with Crippen LogP contribution >= 0.6 is 11.3 Å². The van der Waals surface area contributed by atoms with Crippen LogP contribution in [-0.2, 0) is 16.0 Å². The highest BCUT2D eigenvalue weighted by Crippen LogP contribution is 2.15. The quantitative estimate of drug-likeness (QED) is 0.878. The average Bonchev–Trinajstić information content (AvgIpc) is 2.83. The summed E-state index contributed by atoms with van der Waals surface area (Å²) in [5, 5.41) is 2.76. The molecular formula is C14H14N2O3S. The van der Waals surface area contributed by atoms with E-state index in [0.717, 1.165) is 10.6 Å². The van der Waals surface area contributed by atoms with E-state index in [2.05, 4.69) is 15.0 Å². The maximum atomic E-state index is 11.9. The number of thiazole rings is 1. The van der Waals surface area contributed by atoms with Crippen molar-refractivity contribution < 1.29 is 14.3 Å². The Bertz CT molecular complexity index is 637. The number of nitrogens with zero attached hydrogens (tertiary/aromatic N) is 1. The second-order valence-corrected chi connectivity index (χ2v) is 5.10. The van der Waals surface area contributed by atoms with E-state index in [0.29, 0.717) is 11.3 Å². The summed E-state index contributed by atoms with van der Waals surface area (Å²) in [5.41, 5.74) is 3.56. The van der Waals surface area contributed by atoms with E-state index in [9.17, 15) is 9.59 Å². The van der Waals surface area contributed by atoms with Crippen LogP contribution in [0, 0.1) is 6.92 Å². The summed E-state index contributed by atoms with van der Waals surface area (Å²) in [6.07, 6.45) is 0.277. The number of carbonyl (C=O) groups is 2. The zero-order valence-electron chi connectivity index (χ0n) is 11.2. The number of ether oxygens (including phenoxy) is 1. The molecule has 0 spiro atoms. The standard InChI is InChI=1S/C14H14N2O3S/c1-9-12(20-8-15-9)7-13(17)16-11-5-3-4-10(6-11)14(18)19-2/h3-6,8H,7H2,1-2H3,(H,16,17). The van der Waals surface area contributed by atoms with Gasteiger partial charge in [-0.05, 0) is 25.1 Å². The van der Waals surface area contributed by atoms with Gasteiger partial charge in [0.1, 0.15) is 0 Å². The summed E-state index contributed by atoms with van der Waals surface area (Å²) in [6.45, 7) is 1.87. The molecule has 104 valence electrons. The summed E-state index contributed by atoms with van der Waals surface area (Å²) in [4.78, 5) is 28.4. The van der Waals surface area contributed by atoms with Crippen LogP contribution in [-0.4, -0.2) is 24.0 Å². The van der Waals surface area contributed by atoms with Crippen LogP contribution in [0.4, 0.5) is 5.69 Å². The zero-order chi connectivity index (χ0) is 14.5. The minimum absolute atomic E-state index is 0.139. The van der Waals surface area contributed by atoms with E-state index in [1.807, 2.05) is 6.92 Å². The molecule has 1 aromatic carbocycles. The topological polar surface area (TPSA) is 68.3 Å². The van der Waals surface area contributed by atoms with E-state index in [1.54, 1.807) is 29.8 Å². The maximum Gasteiger partial charge on any atom is 0.337 e. The second kappa shape index (κ2) is 6.29. The first-order chi connectivity index (χ1) is 9.60. The van der Waals surface area contributed by atoms with Gasteiger partial charge in [0.05, 0.1) is 30.3 Å². The number of benzene rings is 1. The van der Waals surface area contributed by atoms with Crippen LogP contribution in [0.5, 0.6) is 0 Å². The molecule has 0 aliphatic carbocycles. The Morgan fingerprint density at radius 2 is 2.20 bits per heavy atom. The highest BCUT2D eigenvalue weighted by molar-refractivity contribution is 7.09. The van der Waals surface area contributed by atoms with Crippen molar-refractivity contribution in [2.24, 2.45) is 0 Å². The van der Waals surface area contributed by atoms with E-state index in [4.69, 9.17) is 0 Å². The van der Waals surface area contributed by atoms with Gasteiger partial charge in [-0.15, -0.1) is 11.3 Å². The molecular weight excluding hydrogens is 276 g/mol. The van der Waals surface area contributed by atoms with E-state index in [-0.39, 0.29) is 12.3 Å². The van der Waals surface area contributed by atoms with Gasteiger partial charge in [0.2, 0.25) is 5.91 Å². The average molecular weight is 290 g/mol. The summed E-state index contributed by atoms with van der Waals surface area (Å²) < 4.78 is 4.64. The zero-order valence-corrected chi connectivity index (χ0v) is 12.0. The van der Waals surface area contributed by atoms with Crippen molar-refractivity contribution in [1.29, 1.82) is 0 Å². The number of amides is 1. The van der Waals surface area contributed by atoms with E-state index < -0.39 is 5.97 Å². The highest BCUT2D eigenvalue weighted by Gasteiger charge is 2.10. The number of hydrogen-bond donors (Lipinski definition) is 1. The molecule has 20 heavy (non-hydrogen) atoms.